The van der Waals surface area contributed by atoms with Gasteiger partial charge in [-0.05, 0) is 36.4 Å². The monoisotopic (exact) mass is 282 g/mol. The first-order valence-corrected chi connectivity index (χ1v) is 6.56. The van der Waals surface area contributed by atoms with Crippen molar-refractivity contribution in [2.75, 3.05) is 13.2 Å². The molecular weight excluding hydrogens is 268 g/mol. The van der Waals surface area contributed by atoms with Crippen molar-refractivity contribution in [3.63, 3.8) is 0 Å². The average Bonchev–Trinajstić information content (AvgIpc) is 2.89. The molecule has 0 fully saturated rings. The summed E-state index contributed by atoms with van der Waals surface area (Å²) in [7, 11) is 0. The summed E-state index contributed by atoms with van der Waals surface area (Å²) in [5.41, 5.74) is 0.785. The first-order chi connectivity index (χ1) is 9.30. The molecule has 0 atom stereocenters. The fourth-order valence-electron chi connectivity index (χ4n) is 1.66. The second-order valence-electron chi connectivity index (χ2n) is 3.64. The summed E-state index contributed by atoms with van der Waals surface area (Å²) in [5.74, 6) is 2.18. The summed E-state index contributed by atoms with van der Waals surface area (Å²) >= 11 is 5.79. The molecule has 7 heteroatoms. The van der Waals surface area contributed by atoms with Crippen LogP contribution in [0.5, 0.6) is 11.5 Å². The number of benzene rings is 1. The van der Waals surface area contributed by atoms with Gasteiger partial charge in [0.25, 0.3) is 0 Å². The van der Waals surface area contributed by atoms with E-state index in [9.17, 15) is 0 Å². The predicted molar refractivity (Wildman–Crippen MR) is 71.0 cm³/mol. The van der Waals surface area contributed by atoms with Crippen molar-refractivity contribution >= 4 is 11.6 Å². The molecule has 0 unspecified atom stereocenters. The molecule has 2 aromatic rings. The minimum absolute atomic E-state index is 0.240. The number of hydrogen-bond acceptors (Lipinski definition) is 5. The molecule has 0 aliphatic rings. The number of halogens is 1. The standard InChI is InChI=1S/C12H15ClN4O2/c1-3-18-10-6-5-9(7-11(10)19-4-2)17-12(8-13)14-15-16-17/h5-7H,3-4,8H2,1-2H3. The molecule has 0 N–H and O–H groups in total. The Hall–Kier alpha value is -1.82. The molecular formula is C12H15ClN4O2. The number of hydrogen-bond donors (Lipinski definition) is 0. The third-order valence-electron chi connectivity index (χ3n) is 2.43. The van der Waals surface area contributed by atoms with E-state index in [4.69, 9.17) is 21.1 Å². The lowest BCUT2D eigenvalue weighted by atomic mass is 10.2. The maximum atomic E-state index is 5.79. The Balaban J connectivity index is 2.39. The summed E-state index contributed by atoms with van der Waals surface area (Å²) in [6, 6.07) is 5.53. The zero-order chi connectivity index (χ0) is 13.7. The van der Waals surface area contributed by atoms with E-state index in [-0.39, 0.29) is 5.88 Å². The summed E-state index contributed by atoms with van der Waals surface area (Å²) in [6.07, 6.45) is 0. The van der Waals surface area contributed by atoms with Gasteiger partial charge in [-0.2, -0.15) is 4.68 Å². The van der Waals surface area contributed by atoms with Gasteiger partial charge in [0.05, 0.1) is 24.8 Å². The zero-order valence-corrected chi connectivity index (χ0v) is 11.6. The Morgan fingerprint density at radius 3 is 2.58 bits per heavy atom. The van der Waals surface area contributed by atoms with Crippen LogP contribution in [0.25, 0.3) is 5.69 Å². The molecule has 1 aromatic carbocycles. The van der Waals surface area contributed by atoms with Crippen LogP contribution in [0.1, 0.15) is 19.7 Å². The number of aromatic nitrogens is 4. The van der Waals surface area contributed by atoms with Gasteiger partial charge in [-0.15, -0.1) is 16.7 Å². The molecule has 6 nitrogen and oxygen atoms in total. The Morgan fingerprint density at radius 1 is 1.16 bits per heavy atom. The molecule has 1 aromatic heterocycles. The Bertz CT molecular complexity index is 544. The number of nitrogens with zero attached hydrogens (tertiary/aromatic N) is 4. The third kappa shape index (κ3) is 2.96. The van der Waals surface area contributed by atoms with Gasteiger partial charge in [0.15, 0.2) is 17.3 Å². The van der Waals surface area contributed by atoms with E-state index in [0.717, 1.165) is 5.69 Å². The fraction of sp³-hybridized carbons (Fsp3) is 0.417. The van der Waals surface area contributed by atoms with Crippen molar-refractivity contribution in [3.8, 4) is 17.2 Å². The average molecular weight is 283 g/mol. The highest BCUT2D eigenvalue weighted by Gasteiger charge is 2.11. The number of ether oxygens (including phenoxy) is 2. The molecule has 19 heavy (non-hydrogen) atoms. The van der Waals surface area contributed by atoms with Gasteiger partial charge in [0, 0.05) is 6.07 Å². The van der Waals surface area contributed by atoms with Gasteiger partial charge in [-0.3, -0.25) is 0 Å². The molecule has 0 saturated heterocycles. The van der Waals surface area contributed by atoms with E-state index in [1.165, 1.54) is 0 Å². The van der Waals surface area contributed by atoms with Crippen LogP contribution in [0.4, 0.5) is 0 Å². The van der Waals surface area contributed by atoms with Crippen LogP contribution in [-0.2, 0) is 5.88 Å². The van der Waals surface area contributed by atoms with Crippen molar-refractivity contribution in [2.45, 2.75) is 19.7 Å². The van der Waals surface area contributed by atoms with Crippen molar-refractivity contribution in [2.24, 2.45) is 0 Å². The van der Waals surface area contributed by atoms with Crippen molar-refractivity contribution in [1.29, 1.82) is 0 Å². The van der Waals surface area contributed by atoms with Crippen LogP contribution < -0.4 is 9.47 Å². The van der Waals surface area contributed by atoms with Gasteiger partial charge in [0.2, 0.25) is 0 Å². The lowest BCUT2D eigenvalue weighted by molar-refractivity contribution is 0.287. The summed E-state index contributed by atoms with van der Waals surface area (Å²) in [4.78, 5) is 0. The number of tetrazole rings is 1. The number of alkyl halides is 1. The molecule has 0 aliphatic carbocycles. The van der Waals surface area contributed by atoms with Gasteiger partial charge in [-0.1, -0.05) is 0 Å². The lowest BCUT2D eigenvalue weighted by Gasteiger charge is -2.12. The minimum atomic E-state index is 0.240. The van der Waals surface area contributed by atoms with E-state index >= 15 is 0 Å². The Morgan fingerprint density at radius 2 is 1.89 bits per heavy atom. The van der Waals surface area contributed by atoms with Crippen molar-refractivity contribution < 1.29 is 9.47 Å². The highest BCUT2D eigenvalue weighted by atomic mass is 35.5. The van der Waals surface area contributed by atoms with E-state index < -0.39 is 0 Å². The SMILES string of the molecule is CCOc1ccc(-n2nnnc2CCl)cc1OCC. The van der Waals surface area contributed by atoms with Crippen molar-refractivity contribution in [1.82, 2.24) is 20.2 Å². The molecule has 0 saturated carbocycles. The topological polar surface area (TPSA) is 62.1 Å². The van der Waals surface area contributed by atoms with Gasteiger partial charge in [0.1, 0.15) is 0 Å². The molecule has 1 heterocycles. The highest BCUT2D eigenvalue weighted by Crippen LogP contribution is 2.30. The highest BCUT2D eigenvalue weighted by molar-refractivity contribution is 6.16. The van der Waals surface area contributed by atoms with Crippen LogP contribution in [0.15, 0.2) is 18.2 Å². The van der Waals surface area contributed by atoms with Crippen LogP contribution in [0.2, 0.25) is 0 Å². The second-order valence-corrected chi connectivity index (χ2v) is 3.90. The molecule has 0 aliphatic heterocycles. The normalized spacial score (nSPS) is 10.5. The molecule has 0 spiro atoms. The summed E-state index contributed by atoms with van der Waals surface area (Å²) in [5, 5.41) is 11.4. The first kappa shape index (κ1) is 13.6. The Labute approximate surface area is 116 Å². The molecule has 0 amide bonds. The van der Waals surface area contributed by atoms with Crippen LogP contribution in [-0.4, -0.2) is 33.4 Å². The predicted octanol–water partition coefficient (Wildman–Crippen LogP) is 2.20. The zero-order valence-electron chi connectivity index (χ0n) is 10.8. The van der Waals surface area contributed by atoms with E-state index in [1.807, 2.05) is 32.0 Å². The second kappa shape index (κ2) is 6.38. The molecule has 0 bridgehead atoms. The minimum Gasteiger partial charge on any atom is -0.490 e. The summed E-state index contributed by atoms with van der Waals surface area (Å²) in [6.45, 7) is 4.99. The largest absolute Gasteiger partial charge is 0.490 e. The summed E-state index contributed by atoms with van der Waals surface area (Å²) < 4.78 is 12.6. The molecule has 2 rings (SSSR count). The maximum absolute atomic E-state index is 5.79. The fourth-order valence-corrected chi connectivity index (χ4v) is 1.83. The van der Waals surface area contributed by atoms with Gasteiger partial charge >= 0.3 is 0 Å². The maximum Gasteiger partial charge on any atom is 0.171 e. The number of rotatable bonds is 6. The van der Waals surface area contributed by atoms with Gasteiger partial charge in [-0.25, -0.2) is 0 Å². The van der Waals surface area contributed by atoms with Crippen LogP contribution >= 0.6 is 11.6 Å². The van der Waals surface area contributed by atoms with E-state index in [0.29, 0.717) is 30.5 Å². The smallest absolute Gasteiger partial charge is 0.171 e. The van der Waals surface area contributed by atoms with Gasteiger partial charge < -0.3 is 9.47 Å². The van der Waals surface area contributed by atoms with E-state index in [2.05, 4.69) is 15.5 Å². The first-order valence-electron chi connectivity index (χ1n) is 6.03. The van der Waals surface area contributed by atoms with Crippen LogP contribution in [0, 0.1) is 0 Å². The molecule has 102 valence electrons. The third-order valence-corrected chi connectivity index (χ3v) is 2.66. The van der Waals surface area contributed by atoms with Crippen molar-refractivity contribution in [3.05, 3.63) is 24.0 Å². The lowest BCUT2D eigenvalue weighted by Crippen LogP contribution is -2.04. The molecule has 0 radical (unpaired) electrons. The van der Waals surface area contributed by atoms with E-state index in [1.54, 1.807) is 4.68 Å². The quantitative estimate of drug-likeness (QED) is 0.760. The van der Waals surface area contributed by atoms with Crippen LogP contribution in [0.3, 0.4) is 0 Å². The Kier molecular flexibility index (Phi) is 4.57.